The molecule has 0 saturated heterocycles. The van der Waals surface area contributed by atoms with Crippen LogP contribution < -0.4 is 0 Å². The smallest absolute Gasteiger partial charge is 0.341 e. The first-order valence-corrected chi connectivity index (χ1v) is 21.8. The van der Waals surface area contributed by atoms with E-state index in [4.69, 9.17) is 26.6 Å². The Bertz CT molecular complexity index is 538. The fourth-order valence-electron chi connectivity index (χ4n) is 4.83. The van der Waals surface area contributed by atoms with Crippen LogP contribution in [-0.2, 0) is 26.6 Å². The SMILES string of the molecule is CO[Si](C)(C/C=C\C[Si](C[Si](C)(OC)C1CCCCC1)(OC)OC)C[Si](C)(OC)OC. The topological polar surface area (TPSA) is 55.4 Å². The molecule has 0 aromatic carbocycles. The molecule has 0 aromatic rings. The molecule has 10 heteroatoms. The first kappa shape index (κ1) is 29.4. The van der Waals surface area contributed by atoms with Crippen molar-refractivity contribution in [3.63, 3.8) is 0 Å². The molecule has 1 aliphatic rings. The zero-order chi connectivity index (χ0) is 23.6. The molecule has 0 amide bonds. The summed E-state index contributed by atoms with van der Waals surface area (Å²) in [4.78, 5) is 0. The molecule has 1 saturated carbocycles. The van der Waals surface area contributed by atoms with E-state index in [-0.39, 0.29) is 0 Å². The summed E-state index contributed by atoms with van der Waals surface area (Å²) in [7, 11) is 2.45. The number of allylic oxidation sites excluding steroid dienone is 2. The Kier molecular flexibility index (Phi) is 12.6. The lowest BCUT2D eigenvalue weighted by Crippen LogP contribution is -2.52. The first-order valence-electron chi connectivity index (χ1n) is 11.6. The maximum absolute atomic E-state index is 6.25. The average molecular weight is 509 g/mol. The van der Waals surface area contributed by atoms with E-state index in [0.717, 1.165) is 23.4 Å². The fraction of sp³-hybridized carbons (Fsp3) is 0.905. The second kappa shape index (κ2) is 13.3. The van der Waals surface area contributed by atoms with E-state index >= 15 is 0 Å². The molecule has 0 heterocycles. The van der Waals surface area contributed by atoms with Crippen LogP contribution >= 0.6 is 0 Å². The van der Waals surface area contributed by atoms with Crippen molar-refractivity contribution in [2.75, 3.05) is 42.7 Å². The van der Waals surface area contributed by atoms with Gasteiger partial charge in [-0.3, -0.25) is 0 Å². The summed E-state index contributed by atoms with van der Waals surface area (Å²) < 4.78 is 35.9. The van der Waals surface area contributed by atoms with Gasteiger partial charge < -0.3 is 26.6 Å². The van der Waals surface area contributed by atoms with Gasteiger partial charge >= 0.3 is 17.1 Å². The maximum atomic E-state index is 6.25. The van der Waals surface area contributed by atoms with Crippen LogP contribution in [0.25, 0.3) is 0 Å². The molecule has 0 aliphatic heterocycles. The van der Waals surface area contributed by atoms with Gasteiger partial charge in [-0.05, 0) is 31.2 Å². The van der Waals surface area contributed by atoms with E-state index in [1.54, 1.807) is 14.2 Å². The molecule has 1 rings (SSSR count). The van der Waals surface area contributed by atoms with Crippen LogP contribution in [0.2, 0.25) is 48.6 Å². The molecule has 0 N–H and O–H groups in total. The first-order chi connectivity index (χ1) is 14.6. The molecule has 0 radical (unpaired) electrons. The van der Waals surface area contributed by atoms with Crippen molar-refractivity contribution in [1.29, 1.82) is 0 Å². The molecule has 6 nitrogen and oxygen atoms in total. The van der Waals surface area contributed by atoms with Gasteiger partial charge in [-0.2, -0.15) is 0 Å². The number of hydrogen-bond donors (Lipinski definition) is 0. The van der Waals surface area contributed by atoms with Gasteiger partial charge in [-0.25, -0.2) is 0 Å². The predicted octanol–water partition coefficient (Wildman–Crippen LogP) is 5.50. The molecular weight excluding hydrogens is 461 g/mol. The predicted molar refractivity (Wildman–Crippen MR) is 138 cm³/mol. The van der Waals surface area contributed by atoms with E-state index in [2.05, 4.69) is 31.8 Å². The molecule has 0 bridgehead atoms. The third-order valence-electron chi connectivity index (χ3n) is 7.50. The fourth-order valence-corrected chi connectivity index (χ4v) is 24.3. The highest BCUT2D eigenvalue weighted by Gasteiger charge is 2.49. The minimum Gasteiger partial charge on any atom is -0.420 e. The second-order valence-electron chi connectivity index (χ2n) is 9.60. The van der Waals surface area contributed by atoms with Crippen molar-refractivity contribution in [2.45, 2.75) is 80.7 Å². The lowest BCUT2D eigenvalue weighted by atomic mass is 10.0. The van der Waals surface area contributed by atoms with Crippen molar-refractivity contribution >= 4 is 33.8 Å². The summed E-state index contributed by atoms with van der Waals surface area (Å²) in [6.07, 6.45) is 11.1. The van der Waals surface area contributed by atoms with Crippen LogP contribution in [0, 0.1) is 0 Å². The summed E-state index contributed by atoms with van der Waals surface area (Å²) in [5, 5.41) is 0. The molecule has 1 fully saturated rings. The molecule has 0 spiro atoms. The van der Waals surface area contributed by atoms with Crippen molar-refractivity contribution in [1.82, 2.24) is 0 Å². The summed E-state index contributed by atoms with van der Waals surface area (Å²) in [5.41, 5.74) is 2.60. The zero-order valence-corrected chi connectivity index (χ0v) is 25.5. The van der Waals surface area contributed by atoms with Crippen LogP contribution in [0.5, 0.6) is 0 Å². The van der Waals surface area contributed by atoms with E-state index in [9.17, 15) is 0 Å². The van der Waals surface area contributed by atoms with Gasteiger partial charge in [0.05, 0.1) is 0 Å². The lowest BCUT2D eigenvalue weighted by molar-refractivity contribution is 0.245. The van der Waals surface area contributed by atoms with Gasteiger partial charge in [0, 0.05) is 60.0 Å². The quantitative estimate of drug-likeness (QED) is 0.215. The van der Waals surface area contributed by atoms with E-state index in [1.807, 2.05) is 28.4 Å². The van der Waals surface area contributed by atoms with Crippen LogP contribution in [0.1, 0.15) is 32.1 Å². The Balaban J connectivity index is 2.85. The molecule has 0 aromatic heterocycles. The number of rotatable bonds is 15. The summed E-state index contributed by atoms with van der Waals surface area (Å²) in [6, 6.07) is 1.77. The molecular formula is C21H48O6Si4. The standard InChI is InChI=1S/C21H48O6Si4/c1-22-28(7,19-30(9,24-3)25-4)17-13-14-18-31(26-5,27-6)20-29(8,23-2)21-15-11-10-12-16-21/h13-14,21H,10-12,15-20H2,1-9H3/b14-13-. The summed E-state index contributed by atoms with van der Waals surface area (Å²) >= 11 is 0. The minimum absolute atomic E-state index is 0.710. The van der Waals surface area contributed by atoms with Gasteiger partial charge in [0.2, 0.25) is 0 Å². The highest BCUT2D eigenvalue weighted by Crippen LogP contribution is 2.42. The monoisotopic (exact) mass is 508 g/mol. The van der Waals surface area contributed by atoms with Crippen molar-refractivity contribution in [2.24, 2.45) is 0 Å². The van der Waals surface area contributed by atoms with Gasteiger partial charge in [0.15, 0.2) is 16.6 Å². The van der Waals surface area contributed by atoms with Crippen LogP contribution in [0.15, 0.2) is 12.2 Å². The Labute approximate surface area is 195 Å². The normalized spacial score (nSPS) is 20.7. The van der Waals surface area contributed by atoms with Crippen molar-refractivity contribution in [3.8, 4) is 0 Å². The Morgan fingerprint density at radius 3 is 1.65 bits per heavy atom. The van der Waals surface area contributed by atoms with Gasteiger partial charge in [-0.1, -0.05) is 44.3 Å². The lowest BCUT2D eigenvalue weighted by Gasteiger charge is -2.41. The van der Waals surface area contributed by atoms with Crippen LogP contribution in [0.4, 0.5) is 0 Å². The van der Waals surface area contributed by atoms with Crippen molar-refractivity contribution < 1.29 is 26.6 Å². The van der Waals surface area contributed by atoms with Crippen LogP contribution in [-0.4, -0.2) is 76.4 Å². The third-order valence-corrected chi connectivity index (χ3v) is 27.4. The molecule has 1 aliphatic carbocycles. The Morgan fingerprint density at radius 1 is 0.645 bits per heavy atom. The van der Waals surface area contributed by atoms with E-state index in [0.29, 0.717) is 5.54 Å². The highest BCUT2D eigenvalue weighted by molar-refractivity contribution is 6.89. The number of hydrogen-bond acceptors (Lipinski definition) is 6. The highest BCUT2D eigenvalue weighted by atomic mass is 28.4. The second-order valence-corrected chi connectivity index (χ2v) is 26.1. The van der Waals surface area contributed by atoms with Crippen molar-refractivity contribution in [3.05, 3.63) is 12.2 Å². The Hall–Kier alpha value is 0.368. The van der Waals surface area contributed by atoms with Gasteiger partial charge in [-0.15, -0.1) is 0 Å². The Morgan fingerprint density at radius 2 is 1.19 bits per heavy atom. The minimum atomic E-state index is -2.37. The summed E-state index contributed by atoms with van der Waals surface area (Å²) in [6.45, 7) is 6.76. The zero-order valence-electron chi connectivity index (χ0n) is 21.5. The average Bonchev–Trinajstić information content (AvgIpc) is 2.81. The molecule has 184 valence electrons. The third kappa shape index (κ3) is 8.58. The van der Waals surface area contributed by atoms with Gasteiger partial charge in [0.1, 0.15) is 0 Å². The molecule has 2 unspecified atom stereocenters. The summed E-state index contributed by atoms with van der Waals surface area (Å²) in [5.74, 6) is 0. The molecule has 2 atom stereocenters. The maximum Gasteiger partial charge on any atom is 0.341 e. The molecule has 31 heavy (non-hydrogen) atoms. The van der Waals surface area contributed by atoms with E-state index in [1.165, 1.54) is 32.1 Å². The van der Waals surface area contributed by atoms with Crippen LogP contribution in [0.3, 0.4) is 0 Å². The van der Waals surface area contributed by atoms with Gasteiger partial charge in [0.25, 0.3) is 0 Å². The largest absolute Gasteiger partial charge is 0.420 e. The van der Waals surface area contributed by atoms with E-state index < -0.39 is 33.8 Å².